The summed E-state index contributed by atoms with van der Waals surface area (Å²) in [5.41, 5.74) is 11.4. The summed E-state index contributed by atoms with van der Waals surface area (Å²) in [7, 11) is 0. The molecule has 9 aromatic rings. The lowest BCUT2D eigenvalue weighted by Gasteiger charge is -2.18. The van der Waals surface area contributed by atoms with Crippen LogP contribution >= 0.6 is 0 Å². The number of fused-ring (bicyclic) bond motifs is 6. The maximum absolute atomic E-state index is 10.4. The van der Waals surface area contributed by atoms with Crippen LogP contribution < -0.4 is 0 Å². The quantitative estimate of drug-likeness (QED) is 0.193. The smallest absolute Gasteiger partial charge is 0.0998 e. The van der Waals surface area contributed by atoms with E-state index in [0.717, 1.165) is 77.2 Å². The van der Waals surface area contributed by atoms with Crippen molar-refractivity contribution in [2.24, 2.45) is 0 Å². The molecule has 0 atom stereocenters. The number of hydrogen-bond acceptors (Lipinski definition) is 3. The van der Waals surface area contributed by atoms with Crippen molar-refractivity contribution in [1.82, 2.24) is 9.13 Å². The molecule has 0 saturated carbocycles. The molecule has 0 aliphatic rings. The highest BCUT2D eigenvalue weighted by Crippen LogP contribution is 2.41. The predicted octanol–water partition coefficient (Wildman–Crippen LogP) is 10.8. The van der Waals surface area contributed by atoms with Crippen molar-refractivity contribution >= 4 is 43.6 Å². The first kappa shape index (κ1) is 28.8. The highest BCUT2D eigenvalue weighted by molar-refractivity contribution is 6.11. The molecule has 5 nitrogen and oxygen atoms in total. The minimum atomic E-state index is 0.571. The van der Waals surface area contributed by atoms with Crippen molar-refractivity contribution in [2.75, 3.05) is 0 Å². The van der Waals surface area contributed by atoms with Crippen LogP contribution in [0.4, 0.5) is 0 Å². The molecule has 5 heteroatoms. The van der Waals surface area contributed by atoms with Crippen molar-refractivity contribution in [3.05, 3.63) is 168 Å². The Kier molecular flexibility index (Phi) is 6.56. The molecule has 0 unspecified atom stereocenters. The number of nitrogens with zero attached hydrogens (tertiary/aromatic N) is 5. The van der Waals surface area contributed by atoms with Gasteiger partial charge in [-0.05, 0) is 77.9 Å². The van der Waals surface area contributed by atoms with Crippen LogP contribution in [-0.4, -0.2) is 9.13 Å². The highest BCUT2D eigenvalue weighted by atomic mass is 15.0. The van der Waals surface area contributed by atoms with Crippen LogP contribution in [0.25, 0.3) is 77.2 Å². The van der Waals surface area contributed by atoms with Gasteiger partial charge in [-0.1, -0.05) is 84.9 Å². The number of benzene rings is 7. The number of para-hydroxylation sites is 3. The molecule has 9 rings (SSSR count). The summed E-state index contributed by atoms with van der Waals surface area (Å²) in [5, 5.41) is 34.1. The number of aromatic nitrogens is 2. The summed E-state index contributed by atoms with van der Waals surface area (Å²) in [6.45, 7) is 0. The molecule has 0 amide bonds. The van der Waals surface area contributed by atoms with Gasteiger partial charge in [-0.2, -0.15) is 15.8 Å². The van der Waals surface area contributed by atoms with Crippen LogP contribution in [0, 0.1) is 34.0 Å². The van der Waals surface area contributed by atoms with E-state index in [1.807, 2.05) is 97.1 Å². The van der Waals surface area contributed by atoms with Crippen LogP contribution in [0.2, 0.25) is 0 Å². The van der Waals surface area contributed by atoms with Crippen molar-refractivity contribution in [3.8, 4) is 51.8 Å². The Morgan fingerprint density at radius 1 is 0.360 bits per heavy atom. The van der Waals surface area contributed by atoms with Crippen molar-refractivity contribution in [3.63, 3.8) is 0 Å². The Bertz CT molecular complexity index is 2970. The molecule has 50 heavy (non-hydrogen) atoms. The third-order valence-corrected chi connectivity index (χ3v) is 9.64. The van der Waals surface area contributed by atoms with Crippen molar-refractivity contribution < 1.29 is 0 Å². The van der Waals surface area contributed by atoms with Crippen LogP contribution in [0.1, 0.15) is 16.7 Å². The first-order valence-electron chi connectivity index (χ1n) is 16.3. The Hall–Kier alpha value is -7.39. The van der Waals surface area contributed by atoms with E-state index in [4.69, 9.17) is 0 Å². The van der Waals surface area contributed by atoms with Gasteiger partial charge in [0, 0.05) is 38.4 Å². The van der Waals surface area contributed by atoms with Crippen LogP contribution in [0.5, 0.6) is 0 Å². The molecule has 0 saturated heterocycles. The molecule has 2 heterocycles. The average molecular weight is 636 g/mol. The molecule has 0 N–H and O–H groups in total. The second kappa shape index (κ2) is 11.4. The third kappa shape index (κ3) is 4.31. The topological polar surface area (TPSA) is 81.2 Å². The predicted molar refractivity (Wildman–Crippen MR) is 200 cm³/mol. The molecule has 0 bridgehead atoms. The van der Waals surface area contributed by atoms with E-state index in [1.165, 1.54) is 0 Å². The van der Waals surface area contributed by atoms with Gasteiger partial charge in [0.1, 0.15) is 0 Å². The van der Waals surface area contributed by atoms with E-state index in [0.29, 0.717) is 16.7 Å². The lowest BCUT2D eigenvalue weighted by atomic mass is 9.91. The number of nitriles is 3. The molecular weight excluding hydrogens is 611 g/mol. The van der Waals surface area contributed by atoms with Crippen LogP contribution in [-0.2, 0) is 0 Å². The number of rotatable bonds is 4. The zero-order valence-electron chi connectivity index (χ0n) is 26.7. The summed E-state index contributed by atoms with van der Waals surface area (Å²) in [6, 6.07) is 57.8. The van der Waals surface area contributed by atoms with Gasteiger partial charge in [-0.25, -0.2) is 0 Å². The zero-order chi connectivity index (χ0) is 33.8. The molecule has 2 aromatic heterocycles. The molecule has 230 valence electrons. The fourth-order valence-corrected chi connectivity index (χ4v) is 7.46. The van der Waals surface area contributed by atoms with E-state index >= 15 is 0 Å². The van der Waals surface area contributed by atoms with E-state index in [2.05, 4.69) is 81.9 Å². The molecular formula is C45H25N5. The summed E-state index contributed by atoms with van der Waals surface area (Å²) in [4.78, 5) is 0. The lowest BCUT2D eigenvalue weighted by molar-refractivity contribution is 1.18. The first-order chi connectivity index (χ1) is 24.7. The van der Waals surface area contributed by atoms with Gasteiger partial charge >= 0.3 is 0 Å². The number of hydrogen-bond donors (Lipinski definition) is 0. The Morgan fingerprint density at radius 3 is 1.66 bits per heavy atom. The average Bonchev–Trinajstić information content (AvgIpc) is 3.69. The molecule has 7 aromatic carbocycles. The van der Waals surface area contributed by atoms with Gasteiger partial charge in [0.15, 0.2) is 0 Å². The summed E-state index contributed by atoms with van der Waals surface area (Å²) < 4.78 is 4.45. The van der Waals surface area contributed by atoms with Gasteiger partial charge < -0.3 is 9.13 Å². The van der Waals surface area contributed by atoms with Gasteiger partial charge in [0.05, 0.1) is 62.7 Å². The maximum atomic E-state index is 10.4. The standard InChI is InChI=1S/C45H25N5/c46-26-29-18-22-44-40(23-29)37-13-5-6-14-41(37)49(44)32-20-19-31(28-48)39(25-32)34-10-2-1-9-33(34)35-11-3-7-15-42(35)50-43-16-8-4-12-36(43)38-21-17-30(27-47)24-45(38)50/h1-25H. The minimum absolute atomic E-state index is 0.571. The van der Waals surface area contributed by atoms with Gasteiger partial charge in [-0.3, -0.25) is 0 Å². The first-order valence-corrected chi connectivity index (χ1v) is 16.3. The zero-order valence-corrected chi connectivity index (χ0v) is 26.7. The summed E-state index contributed by atoms with van der Waals surface area (Å²) in [6.07, 6.45) is 0. The maximum Gasteiger partial charge on any atom is 0.0998 e. The van der Waals surface area contributed by atoms with Gasteiger partial charge in [0.2, 0.25) is 0 Å². The lowest BCUT2D eigenvalue weighted by Crippen LogP contribution is -1.99. The monoisotopic (exact) mass is 635 g/mol. The molecule has 0 aliphatic carbocycles. The molecule has 0 radical (unpaired) electrons. The van der Waals surface area contributed by atoms with E-state index in [9.17, 15) is 15.8 Å². The van der Waals surface area contributed by atoms with E-state index in [1.54, 1.807) is 0 Å². The highest BCUT2D eigenvalue weighted by Gasteiger charge is 2.20. The second-order valence-electron chi connectivity index (χ2n) is 12.3. The van der Waals surface area contributed by atoms with Gasteiger partial charge in [0.25, 0.3) is 0 Å². The Labute approximate surface area is 287 Å². The fourth-order valence-electron chi connectivity index (χ4n) is 7.46. The van der Waals surface area contributed by atoms with Crippen LogP contribution in [0.15, 0.2) is 152 Å². The SMILES string of the molecule is N#Cc1ccc2c(c1)c1ccccc1n2-c1ccc(C#N)c(-c2ccccc2-c2ccccc2-n2c3ccccc3c3ccc(C#N)cc32)c1. The summed E-state index contributed by atoms with van der Waals surface area (Å²) >= 11 is 0. The van der Waals surface area contributed by atoms with Gasteiger partial charge in [-0.15, -0.1) is 0 Å². The second-order valence-corrected chi connectivity index (χ2v) is 12.3. The van der Waals surface area contributed by atoms with Crippen molar-refractivity contribution in [2.45, 2.75) is 0 Å². The van der Waals surface area contributed by atoms with Crippen molar-refractivity contribution in [1.29, 1.82) is 15.8 Å². The van der Waals surface area contributed by atoms with Crippen LogP contribution in [0.3, 0.4) is 0 Å². The molecule has 0 spiro atoms. The Morgan fingerprint density at radius 2 is 0.920 bits per heavy atom. The molecule has 0 fully saturated rings. The fraction of sp³-hybridized carbons (Fsp3) is 0. The Balaban J connectivity index is 1.30. The normalized spacial score (nSPS) is 11.1. The minimum Gasteiger partial charge on any atom is -0.309 e. The molecule has 0 aliphatic heterocycles. The third-order valence-electron chi connectivity index (χ3n) is 9.64. The largest absolute Gasteiger partial charge is 0.309 e. The van der Waals surface area contributed by atoms with E-state index in [-0.39, 0.29) is 0 Å². The van der Waals surface area contributed by atoms with E-state index < -0.39 is 0 Å². The summed E-state index contributed by atoms with van der Waals surface area (Å²) in [5.74, 6) is 0.